The summed E-state index contributed by atoms with van der Waals surface area (Å²) in [6, 6.07) is 3.33. The van der Waals surface area contributed by atoms with E-state index >= 15 is 0 Å². The molecule has 2 fully saturated rings. The molecule has 4 rings (SSSR count). The van der Waals surface area contributed by atoms with Gasteiger partial charge in [-0.05, 0) is 25.0 Å². The number of amides is 3. The van der Waals surface area contributed by atoms with Crippen molar-refractivity contribution in [2.24, 2.45) is 0 Å². The molecular weight excluding hydrogens is 500 g/mol. The average Bonchev–Trinajstić information content (AvgIpc) is 3.65. The number of hydrogen-bond acceptors (Lipinski definition) is 9. The van der Waals surface area contributed by atoms with Gasteiger partial charge < -0.3 is 33.3 Å². The van der Waals surface area contributed by atoms with E-state index in [1.807, 2.05) is 10.3 Å². The zero-order chi connectivity index (χ0) is 26.0. The lowest BCUT2D eigenvalue weighted by Crippen LogP contribution is -2.50. The van der Waals surface area contributed by atoms with Gasteiger partial charge in [0.2, 0.25) is 5.91 Å². The van der Waals surface area contributed by atoms with E-state index < -0.39 is 0 Å². The molecule has 2 saturated heterocycles. The first-order valence-electron chi connectivity index (χ1n) is 12.6. The van der Waals surface area contributed by atoms with Crippen molar-refractivity contribution in [3.8, 4) is 0 Å². The number of aromatic nitrogens is 1. The van der Waals surface area contributed by atoms with E-state index in [0.717, 1.165) is 17.8 Å². The van der Waals surface area contributed by atoms with Gasteiger partial charge in [0, 0.05) is 57.7 Å². The van der Waals surface area contributed by atoms with Crippen molar-refractivity contribution >= 4 is 29.1 Å². The lowest BCUT2D eigenvalue weighted by Gasteiger charge is -2.34. The molecule has 0 spiro atoms. The number of hydrogen-bond donors (Lipinski definition) is 0. The van der Waals surface area contributed by atoms with Gasteiger partial charge in [-0.15, -0.1) is 11.3 Å². The van der Waals surface area contributed by atoms with Crippen LogP contribution in [0.5, 0.6) is 0 Å². The fourth-order valence-corrected chi connectivity index (χ4v) is 5.36. The van der Waals surface area contributed by atoms with Crippen molar-refractivity contribution in [2.75, 3.05) is 79.4 Å². The molecule has 0 saturated carbocycles. The number of carbonyl (C=O) groups is 3. The van der Waals surface area contributed by atoms with Crippen LogP contribution >= 0.6 is 11.3 Å². The zero-order valence-electron chi connectivity index (χ0n) is 21.1. The quantitative estimate of drug-likeness (QED) is 0.401. The molecule has 12 heteroatoms. The number of methoxy groups -OCH3 is 1. The van der Waals surface area contributed by atoms with Crippen LogP contribution in [0.2, 0.25) is 0 Å². The Labute approximate surface area is 220 Å². The Hall–Kier alpha value is -2.80. The Morgan fingerprint density at radius 1 is 0.946 bits per heavy atom. The van der Waals surface area contributed by atoms with Crippen LogP contribution in [-0.2, 0) is 19.0 Å². The summed E-state index contributed by atoms with van der Waals surface area (Å²) in [6.07, 6.45) is 3.09. The predicted molar refractivity (Wildman–Crippen MR) is 135 cm³/mol. The topological polar surface area (TPSA) is 115 Å². The smallest absolute Gasteiger partial charge is 0.289 e. The van der Waals surface area contributed by atoms with E-state index in [2.05, 4.69) is 4.98 Å². The van der Waals surface area contributed by atoms with Crippen molar-refractivity contribution in [1.82, 2.24) is 19.7 Å². The van der Waals surface area contributed by atoms with Gasteiger partial charge in [0.25, 0.3) is 11.8 Å². The van der Waals surface area contributed by atoms with Crippen molar-refractivity contribution in [1.29, 1.82) is 0 Å². The van der Waals surface area contributed by atoms with E-state index in [1.165, 1.54) is 17.6 Å². The Balaban J connectivity index is 1.17. The standard InChI is InChI=1S/C25H34N4O7S/c1-33-13-14-34-15-16-35-17-22(30)27-6-4-19(5-7-27)23-26-20(18-37-23)24(31)28-8-10-29(11-9-28)25(32)21-3-2-12-36-21/h2-3,12,18-19H,4-11,13-17H2,1H3. The van der Waals surface area contributed by atoms with Gasteiger partial charge in [-0.1, -0.05) is 0 Å². The lowest BCUT2D eigenvalue weighted by atomic mass is 9.97. The molecule has 0 radical (unpaired) electrons. The molecule has 0 bridgehead atoms. The van der Waals surface area contributed by atoms with Gasteiger partial charge in [-0.3, -0.25) is 14.4 Å². The van der Waals surface area contributed by atoms with Crippen LogP contribution in [0.25, 0.3) is 0 Å². The van der Waals surface area contributed by atoms with Crippen molar-refractivity contribution in [3.05, 3.63) is 40.2 Å². The minimum atomic E-state index is -0.156. The first kappa shape index (κ1) is 27.2. The van der Waals surface area contributed by atoms with Crippen LogP contribution < -0.4 is 0 Å². The minimum absolute atomic E-state index is 0.0185. The molecule has 0 atom stereocenters. The van der Waals surface area contributed by atoms with Crippen LogP contribution in [-0.4, -0.2) is 117 Å². The van der Waals surface area contributed by atoms with Crippen LogP contribution in [0, 0.1) is 0 Å². The summed E-state index contributed by atoms with van der Waals surface area (Å²) < 4.78 is 20.9. The maximum Gasteiger partial charge on any atom is 0.289 e. The third-order valence-corrected chi connectivity index (χ3v) is 7.56. The fourth-order valence-electron chi connectivity index (χ4n) is 4.39. The van der Waals surface area contributed by atoms with Gasteiger partial charge in [-0.25, -0.2) is 4.98 Å². The highest BCUT2D eigenvalue weighted by atomic mass is 32.1. The molecule has 0 unspecified atom stereocenters. The molecule has 4 heterocycles. The third-order valence-electron chi connectivity index (χ3n) is 6.55. The van der Waals surface area contributed by atoms with Gasteiger partial charge in [0.05, 0.1) is 37.7 Å². The normalized spacial score (nSPS) is 16.8. The van der Waals surface area contributed by atoms with Crippen molar-refractivity contribution in [3.63, 3.8) is 0 Å². The molecular formula is C25H34N4O7S. The number of rotatable bonds is 11. The van der Waals surface area contributed by atoms with E-state index in [4.69, 9.17) is 18.6 Å². The molecule has 202 valence electrons. The van der Waals surface area contributed by atoms with Crippen molar-refractivity contribution in [2.45, 2.75) is 18.8 Å². The summed E-state index contributed by atoms with van der Waals surface area (Å²) >= 11 is 1.50. The molecule has 0 aromatic carbocycles. The van der Waals surface area contributed by atoms with E-state index in [-0.39, 0.29) is 30.2 Å². The number of ether oxygens (including phenoxy) is 3. The molecule has 37 heavy (non-hydrogen) atoms. The first-order chi connectivity index (χ1) is 18.1. The van der Waals surface area contributed by atoms with E-state index in [0.29, 0.717) is 77.2 Å². The first-order valence-corrected chi connectivity index (χ1v) is 13.4. The average molecular weight is 535 g/mol. The summed E-state index contributed by atoms with van der Waals surface area (Å²) in [7, 11) is 1.62. The molecule has 2 aromatic rings. The molecule has 11 nitrogen and oxygen atoms in total. The predicted octanol–water partition coefficient (Wildman–Crippen LogP) is 1.72. The number of carbonyl (C=O) groups excluding carboxylic acids is 3. The number of likely N-dealkylation sites (tertiary alicyclic amines) is 1. The molecule has 2 aliphatic rings. The Kier molecular flexibility index (Phi) is 10.1. The summed E-state index contributed by atoms with van der Waals surface area (Å²) in [5.74, 6) is 0.260. The second kappa shape index (κ2) is 13.7. The van der Waals surface area contributed by atoms with Gasteiger partial charge in [-0.2, -0.15) is 0 Å². The monoisotopic (exact) mass is 534 g/mol. The van der Waals surface area contributed by atoms with Crippen LogP contribution in [0.15, 0.2) is 28.2 Å². The summed E-state index contributed by atoms with van der Waals surface area (Å²) in [6.45, 7) is 5.02. The lowest BCUT2D eigenvalue weighted by molar-refractivity contribution is -0.137. The fraction of sp³-hybridized carbons (Fsp3) is 0.600. The van der Waals surface area contributed by atoms with E-state index in [1.54, 1.807) is 29.0 Å². The zero-order valence-corrected chi connectivity index (χ0v) is 22.0. The van der Waals surface area contributed by atoms with Gasteiger partial charge >= 0.3 is 0 Å². The van der Waals surface area contributed by atoms with Gasteiger partial charge in [0.15, 0.2) is 5.76 Å². The molecule has 0 aliphatic carbocycles. The van der Waals surface area contributed by atoms with Gasteiger partial charge in [0.1, 0.15) is 12.3 Å². The van der Waals surface area contributed by atoms with Crippen molar-refractivity contribution < 1.29 is 33.0 Å². The number of piperazine rings is 1. The highest BCUT2D eigenvalue weighted by Gasteiger charge is 2.30. The van der Waals surface area contributed by atoms with Crippen LogP contribution in [0.1, 0.15) is 44.8 Å². The minimum Gasteiger partial charge on any atom is -0.459 e. The van der Waals surface area contributed by atoms with Crippen LogP contribution in [0.4, 0.5) is 0 Å². The molecule has 2 aliphatic heterocycles. The maximum atomic E-state index is 13.0. The summed E-state index contributed by atoms with van der Waals surface area (Å²) in [5, 5.41) is 2.75. The highest BCUT2D eigenvalue weighted by Crippen LogP contribution is 2.30. The second-order valence-corrected chi connectivity index (χ2v) is 9.84. The molecule has 3 amide bonds. The largest absolute Gasteiger partial charge is 0.459 e. The van der Waals surface area contributed by atoms with E-state index in [9.17, 15) is 14.4 Å². The Morgan fingerprint density at radius 2 is 1.62 bits per heavy atom. The summed E-state index contributed by atoms with van der Waals surface area (Å²) in [5.41, 5.74) is 0.449. The number of nitrogens with zero attached hydrogens (tertiary/aromatic N) is 4. The molecule has 2 aromatic heterocycles. The second-order valence-electron chi connectivity index (χ2n) is 8.95. The SMILES string of the molecule is COCCOCCOCC(=O)N1CCC(c2nc(C(=O)N3CCN(C(=O)c4ccco4)CC3)cs2)CC1. The molecule has 0 N–H and O–H groups in total. The highest BCUT2D eigenvalue weighted by molar-refractivity contribution is 7.09. The number of furan rings is 1. The Morgan fingerprint density at radius 3 is 2.30 bits per heavy atom. The Bertz CT molecular complexity index is 1010. The number of thiazole rings is 1. The third kappa shape index (κ3) is 7.37. The summed E-state index contributed by atoms with van der Waals surface area (Å²) in [4.78, 5) is 47.8. The maximum absolute atomic E-state index is 13.0. The van der Waals surface area contributed by atoms with Crippen LogP contribution in [0.3, 0.4) is 0 Å². The number of piperidine rings is 1.